The summed E-state index contributed by atoms with van der Waals surface area (Å²) in [7, 11) is 0. The van der Waals surface area contributed by atoms with Crippen LogP contribution in [0.4, 0.5) is 0 Å². The van der Waals surface area contributed by atoms with Gasteiger partial charge in [0.1, 0.15) is 0 Å². The molecule has 0 spiro atoms. The minimum Gasteiger partial charge on any atom is -0.409 e. The van der Waals surface area contributed by atoms with Crippen LogP contribution in [0.5, 0.6) is 0 Å². The van der Waals surface area contributed by atoms with E-state index in [4.69, 9.17) is 10.9 Å². The van der Waals surface area contributed by atoms with Crippen molar-refractivity contribution < 1.29 is 5.21 Å². The average molecular weight is 238 g/mol. The Hall–Kier alpha value is -1.16. The molecule has 0 aliphatic heterocycles. The summed E-state index contributed by atoms with van der Waals surface area (Å²) in [5, 5.41) is 11.6. The molecule has 0 amide bonds. The number of oxime groups is 1. The van der Waals surface area contributed by atoms with Gasteiger partial charge in [0.2, 0.25) is 0 Å². The van der Waals surface area contributed by atoms with Crippen molar-refractivity contribution >= 4 is 17.6 Å². The number of benzene rings is 1. The van der Waals surface area contributed by atoms with Crippen molar-refractivity contribution in [2.24, 2.45) is 10.9 Å². The monoisotopic (exact) mass is 238 g/mol. The van der Waals surface area contributed by atoms with Gasteiger partial charge in [0, 0.05) is 10.5 Å². The van der Waals surface area contributed by atoms with Crippen LogP contribution >= 0.6 is 11.8 Å². The fraction of sp³-hybridized carbons (Fsp3) is 0.417. The standard InChI is InChI=1S/C12H18N2OS/c1-3-4-7-16-10-5-6-11(9(2)8-10)12(13)14-15/h5-6,8,15H,3-4,7H2,1-2H3,(H2,13,14). The molecule has 0 heterocycles. The van der Waals surface area contributed by atoms with E-state index in [1.807, 2.05) is 30.8 Å². The molecular weight excluding hydrogens is 220 g/mol. The third kappa shape index (κ3) is 3.45. The molecule has 1 aromatic carbocycles. The SMILES string of the molecule is CCCCSc1ccc(/C(N)=N/O)c(C)c1. The van der Waals surface area contributed by atoms with Crippen LogP contribution < -0.4 is 5.73 Å². The molecule has 16 heavy (non-hydrogen) atoms. The maximum absolute atomic E-state index is 8.61. The van der Waals surface area contributed by atoms with Gasteiger partial charge in [-0.3, -0.25) is 0 Å². The number of nitrogens with two attached hydrogens (primary N) is 1. The first kappa shape index (κ1) is 12.9. The number of amidine groups is 1. The maximum Gasteiger partial charge on any atom is 0.170 e. The highest BCUT2D eigenvalue weighted by Crippen LogP contribution is 2.22. The number of aryl methyl sites for hydroxylation is 1. The summed E-state index contributed by atoms with van der Waals surface area (Å²) in [6, 6.07) is 5.99. The second-order valence-electron chi connectivity index (χ2n) is 3.66. The number of hydrogen-bond donors (Lipinski definition) is 2. The fourth-order valence-corrected chi connectivity index (χ4v) is 2.49. The van der Waals surface area contributed by atoms with Gasteiger partial charge in [-0.25, -0.2) is 0 Å². The molecule has 88 valence electrons. The second kappa shape index (κ2) is 6.43. The topological polar surface area (TPSA) is 58.6 Å². The highest BCUT2D eigenvalue weighted by molar-refractivity contribution is 7.99. The molecule has 0 unspecified atom stereocenters. The van der Waals surface area contributed by atoms with Crippen molar-refractivity contribution in [3.05, 3.63) is 29.3 Å². The van der Waals surface area contributed by atoms with E-state index in [1.54, 1.807) is 0 Å². The summed E-state index contributed by atoms with van der Waals surface area (Å²) in [4.78, 5) is 1.24. The Balaban J connectivity index is 2.75. The lowest BCUT2D eigenvalue weighted by atomic mass is 10.1. The lowest BCUT2D eigenvalue weighted by Crippen LogP contribution is -2.14. The number of rotatable bonds is 5. The molecule has 3 nitrogen and oxygen atoms in total. The number of hydrogen-bond acceptors (Lipinski definition) is 3. The van der Waals surface area contributed by atoms with E-state index < -0.39 is 0 Å². The number of nitrogens with zero attached hydrogens (tertiary/aromatic N) is 1. The van der Waals surface area contributed by atoms with E-state index in [1.165, 1.54) is 17.7 Å². The molecule has 0 aliphatic carbocycles. The van der Waals surface area contributed by atoms with Crippen LogP contribution in [0, 0.1) is 6.92 Å². The van der Waals surface area contributed by atoms with Gasteiger partial charge < -0.3 is 10.9 Å². The molecule has 0 fully saturated rings. The Kier molecular flexibility index (Phi) is 5.19. The van der Waals surface area contributed by atoms with E-state index in [0.717, 1.165) is 16.9 Å². The van der Waals surface area contributed by atoms with Crippen molar-refractivity contribution in [1.29, 1.82) is 0 Å². The fourth-order valence-electron chi connectivity index (χ4n) is 1.40. The summed E-state index contributed by atoms with van der Waals surface area (Å²) in [5.41, 5.74) is 7.39. The van der Waals surface area contributed by atoms with Gasteiger partial charge in [0.25, 0.3) is 0 Å². The Bertz CT molecular complexity index is 377. The van der Waals surface area contributed by atoms with Crippen LogP contribution in [-0.4, -0.2) is 16.8 Å². The Morgan fingerprint density at radius 3 is 2.81 bits per heavy atom. The van der Waals surface area contributed by atoms with Crippen molar-refractivity contribution in [2.45, 2.75) is 31.6 Å². The average Bonchev–Trinajstić information content (AvgIpc) is 2.29. The van der Waals surface area contributed by atoms with E-state index in [2.05, 4.69) is 18.1 Å². The third-order valence-corrected chi connectivity index (χ3v) is 3.43. The minimum atomic E-state index is 0.169. The molecular formula is C12H18N2OS. The van der Waals surface area contributed by atoms with Crippen molar-refractivity contribution in [2.75, 3.05) is 5.75 Å². The zero-order valence-electron chi connectivity index (χ0n) is 9.73. The van der Waals surface area contributed by atoms with E-state index in [-0.39, 0.29) is 5.84 Å². The molecule has 3 N–H and O–H groups in total. The minimum absolute atomic E-state index is 0.169. The smallest absolute Gasteiger partial charge is 0.170 e. The van der Waals surface area contributed by atoms with Gasteiger partial charge in [-0.05, 0) is 42.9 Å². The highest BCUT2D eigenvalue weighted by atomic mass is 32.2. The summed E-state index contributed by atoms with van der Waals surface area (Å²) < 4.78 is 0. The van der Waals surface area contributed by atoms with Crippen LogP contribution in [0.2, 0.25) is 0 Å². The largest absolute Gasteiger partial charge is 0.409 e. The molecule has 4 heteroatoms. The Labute approximate surface area is 101 Å². The molecule has 0 aliphatic rings. The van der Waals surface area contributed by atoms with Gasteiger partial charge in [0.05, 0.1) is 0 Å². The molecule has 0 aromatic heterocycles. The summed E-state index contributed by atoms with van der Waals surface area (Å²) >= 11 is 1.84. The predicted octanol–water partition coefficient (Wildman–Crippen LogP) is 2.98. The number of thioether (sulfide) groups is 1. The molecule has 1 rings (SSSR count). The van der Waals surface area contributed by atoms with Crippen LogP contribution in [0.15, 0.2) is 28.3 Å². The van der Waals surface area contributed by atoms with E-state index >= 15 is 0 Å². The summed E-state index contributed by atoms with van der Waals surface area (Å²) in [6.45, 7) is 4.16. The molecule has 0 saturated carbocycles. The lowest BCUT2D eigenvalue weighted by Gasteiger charge is -2.06. The quantitative estimate of drug-likeness (QED) is 0.207. The highest BCUT2D eigenvalue weighted by Gasteiger charge is 2.04. The molecule has 0 atom stereocenters. The van der Waals surface area contributed by atoms with E-state index in [9.17, 15) is 0 Å². The first-order chi connectivity index (χ1) is 7.69. The van der Waals surface area contributed by atoms with Gasteiger partial charge >= 0.3 is 0 Å². The zero-order valence-corrected chi connectivity index (χ0v) is 10.5. The van der Waals surface area contributed by atoms with Gasteiger partial charge in [-0.1, -0.05) is 18.5 Å². The number of unbranched alkanes of at least 4 members (excludes halogenated alkanes) is 1. The first-order valence-electron chi connectivity index (χ1n) is 5.40. The summed E-state index contributed by atoms with van der Waals surface area (Å²) in [5.74, 6) is 1.31. The van der Waals surface area contributed by atoms with Crippen LogP contribution in [0.25, 0.3) is 0 Å². The van der Waals surface area contributed by atoms with Gasteiger partial charge in [-0.15, -0.1) is 11.8 Å². The molecule has 1 aromatic rings. The van der Waals surface area contributed by atoms with Crippen molar-refractivity contribution in [3.8, 4) is 0 Å². The molecule has 0 saturated heterocycles. The van der Waals surface area contributed by atoms with Gasteiger partial charge in [0.15, 0.2) is 5.84 Å². The third-order valence-electron chi connectivity index (χ3n) is 2.35. The Morgan fingerprint density at radius 1 is 1.50 bits per heavy atom. The summed E-state index contributed by atoms with van der Waals surface area (Å²) in [6.07, 6.45) is 2.44. The van der Waals surface area contributed by atoms with Crippen molar-refractivity contribution in [3.63, 3.8) is 0 Å². The molecule has 0 radical (unpaired) electrons. The lowest BCUT2D eigenvalue weighted by molar-refractivity contribution is 0.318. The normalized spacial score (nSPS) is 11.8. The maximum atomic E-state index is 8.61. The predicted molar refractivity (Wildman–Crippen MR) is 69.3 cm³/mol. The van der Waals surface area contributed by atoms with Crippen molar-refractivity contribution in [1.82, 2.24) is 0 Å². The van der Waals surface area contributed by atoms with Crippen LogP contribution in [-0.2, 0) is 0 Å². The first-order valence-corrected chi connectivity index (χ1v) is 6.39. The van der Waals surface area contributed by atoms with Crippen LogP contribution in [0.3, 0.4) is 0 Å². The van der Waals surface area contributed by atoms with Crippen LogP contribution in [0.1, 0.15) is 30.9 Å². The van der Waals surface area contributed by atoms with Gasteiger partial charge in [-0.2, -0.15) is 0 Å². The van der Waals surface area contributed by atoms with E-state index in [0.29, 0.717) is 0 Å². The zero-order chi connectivity index (χ0) is 12.0. The Morgan fingerprint density at radius 2 is 2.25 bits per heavy atom. The second-order valence-corrected chi connectivity index (χ2v) is 4.83. The molecule has 0 bridgehead atoms.